The van der Waals surface area contributed by atoms with Gasteiger partial charge < -0.3 is 4.74 Å². The average Bonchev–Trinajstić information content (AvgIpc) is 3.57. The number of rotatable bonds is 9. The van der Waals surface area contributed by atoms with Gasteiger partial charge in [0.15, 0.2) is 0 Å². The van der Waals surface area contributed by atoms with Gasteiger partial charge in [0.05, 0.1) is 0 Å². The Balaban J connectivity index is 1.14. The third-order valence-corrected chi connectivity index (χ3v) is 14.2. The van der Waals surface area contributed by atoms with Crippen molar-refractivity contribution in [2.24, 2.45) is 23.2 Å². The van der Waals surface area contributed by atoms with Crippen LogP contribution in [0.5, 0.6) is 5.75 Å². The van der Waals surface area contributed by atoms with E-state index in [-0.39, 0.29) is 46.3 Å². The first-order valence-electron chi connectivity index (χ1n) is 13.4. The second-order valence-corrected chi connectivity index (χ2v) is 18.7. The Hall–Kier alpha value is -1.26. The second kappa shape index (κ2) is 11.0. The van der Waals surface area contributed by atoms with E-state index in [1.54, 1.807) is 0 Å². The first-order chi connectivity index (χ1) is 18.4. The van der Waals surface area contributed by atoms with E-state index in [4.69, 9.17) is 9.47 Å². The van der Waals surface area contributed by atoms with Crippen molar-refractivity contribution < 1.29 is 31.5 Å². The third kappa shape index (κ3) is 5.26. The zero-order valence-corrected chi connectivity index (χ0v) is 27.0. The van der Waals surface area contributed by atoms with E-state index in [1.807, 2.05) is 12.1 Å². The van der Waals surface area contributed by atoms with Crippen molar-refractivity contribution in [3.8, 4) is 5.75 Å². The summed E-state index contributed by atoms with van der Waals surface area (Å²) in [5.41, 5.74) is 1.57. The van der Waals surface area contributed by atoms with Crippen LogP contribution in [0.15, 0.2) is 93.5 Å². The van der Waals surface area contributed by atoms with Gasteiger partial charge in [-0.3, -0.25) is 0 Å². The number of alkyl halides is 1. The van der Waals surface area contributed by atoms with Gasteiger partial charge in [-0.15, -0.1) is 0 Å². The number of fused-ring (bicyclic) bond motifs is 1. The van der Waals surface area contributed by atoms with Gasteiger partial charge in [0.25, 0.3) is 0 Å². The van der Waals surface area contributed by atoms with E-state index in [0.29, 0.717) is 23.0 Å². The van der Waals surface area contributed by atoms with Crippen LogP contribution in [0.3, 0.4) is 0 Å². The molecule has 0 aromatic heterocycles. The minimum atomic E-state index is -0.313. The summed E-state index contributed by atoms with van der Waals surface area (Å²) in [4.78, 5) is 16.8. The van der Waals surface area contributed by atoms with Crippen LogP contribution in [0.25, 0.3) is 0 Å². The predicted octanol–water partition coefficient (Wildman–Crippen LogP) is 4.86. The Morgan fingerprint density at radius 3 is 2.47 bits per heavy atom. The van der Waals surface area contributed by atoms with Gasteiger partial charge in [-0.25, -0.2) is 4.79 Å². The van der Waals surface area contributed by atoms with Gasteiger partial charge in [-0.1, -0.05) is 6.92 Å². The molecule has 0 saturated heterocycles. The Morgan fingerprint density at radius 1 is 0.974 bits per heavy atom. The Kier molecular flexibility index (Phi) is 7.77. The van der Waals surface area contributed by atoms with Crippen LogP contribution < -0.4 is 22.0 Å². The third-order valence-electron chi connectivity index (χ3n) is 8.85. The summed E-state index contributed by atoms with van der Waals surface area (Å²) in [6, 6.07) is 28.0. The van der Waals surface area contributed by atoms with E-state index in [0.717, 1.165) is 5.92 Å². The number of carbonyl (C=O) groups excluding carboxylic acids is 1. The predicted molar refractivity (Wildman–Crippen MR) is 156 cm³/mol. The van der Waals surface area contributed by atoms with E-state index in [9.17, 15) is 4.79 Å². The van der Waals surface area contributed by atoms with Crippen molar-refractivity contribution in [1.82, 2.24) is 0 Å². The molecule has 0 N–H and O–H groups in total. The number of halogens is 2. The maximum atomic E-state index is 12.9. The maximum absolute atomic E-state index is 12.9. The second-order valence-electron chi connectivity index (χ2n) is 11.5. The molecule has 3 aromatic rings. The molecular weight excluding hydrogens is 718 g/mol. The molecule has 3 aliphatic rings. The van der Waals surface area contributed by atoms with Crippen molar-refractivity contribution in [2.75, 3.05) is 6.61 Å². The number of benzene rings is 3. The van der Waals surface area contributed by atoms with Crippen LogP contribution in [0, 0.1) is 23.2 Å². The van der Waals surface area contributed by atoms with Crippen molar-refractivity contribution >= 4 is 35.5 Å². The van der Waals surface area contributed by atoms with Crippen molar-refractivity contribution in [2.45, 2.75) is 64.2 Å². The summed E-state index contributed by atoms with van der Waals surface area (Å²) >= 11 is 2.72. The van der Waals surface area contributed by atoms with Crippen molar-refractivity contribution in [3.05, 3.63) is 84.4 Å². The fourth-order valence-corrected chi connectivity index (χ4v) is 12.5. The number of hydrogen-bond donors (Lipinski definition) is 0. The summed E-state index contributed by atoms with van der Waals surface area (Å²) in [6.07, 6.45) is 4.95. The van der Waals surface area contributed by atoms with Crippen LogP contribution >= 0.6 is 18.6 Å². The van der Waals surface area contributed by atoms with Crippen molar-refractivity contribution in [1.29, 1.82) is 0 Å². The molecule has 0 amide bonds. The van der Waals surface area contributed by atoms with Gasteiger partial charge >= 0.3 is 173 Å². The van der Waals surface area contributed by atoms with E-state index < -0.39 is 0 Å². The first kappa shape index (κ1) is 26.9. The first-order valence-corrected chi connectivity index (χ1v) is 22.5. The molecule has 2 bridgehead atoms. The molecule has 38 heavy (non-hydrogen) atoms. The quantitative estimate of drug-likeness (QED) is 0.136. The number of esters is 1. The standard InChI is InChI=1S/C32H34I2O3S/c1-22-15-24-18-32(17-22)19-29(32)31(24,2)37-30(35)21-36-25-11-13-27(14-12-25)38(26-8-4-3-5-9-26)28-10-6-7-23(16-28)20-34-33/h3-14,16,22,24,29H,15,17-21H2,1-2H3. The Morgan fingerprint density at radius 2 is 1.71 bits per heavy atom. The zero-order chi connectivity index (χ0) is 26.3. The topological polar surface area (TPSA) is 35.5 Å². The molecule has 200 valence electrons. The molecule has 3 aliphatic carbocycles. The van der Waals surface area contributed by atoms with Gasteiger partial charge in [-0.05, 0) is 49.9 Å². The molecule has 3 aromatic carbocycles. The molecule has 6 unspecified atom stereocenters. The zero-order valence-electron chi connectivity index (χ0n) is 21.9. The van der Waals surface area contributed by atoms with Crippen LogP contribution in [0.2, 0.25) is 0 Å². The molecule has 6 atom stereocenters. The summed E-state index contributed by atoms with van der Waals surface area (Å²) in [6.45, 7) is 4.50. The molecular formula is C32H34I2O3S. The number of carbonyl (C=O) groups is 1. The van der Waals surface area contributed by atoms with E-state index in [2.05, 4.69) is 99.2 Å². The average molecular weight is 752 g/mol. The summed E-state index contributed by atoms with van der Waals surface area (Å²) in [5.74, 6) is 2.25. The van der Waals surface area contributed by atoms with Gasteiger partial charge in [0.2, 0.25) is 0 Å². The van der Waals surface area contributed by atoms with Crippen LogP contribution in [-0.4, -0.2) is 18.2 Å². The summed E-state index contributed by atoms with van der Waals surface area (Å²) in [7, 11) is -0.202. The van der Waals surface area contributed by atoms with E-state index in [1.165, 1.54) is 50.4 Å². The number of ether oxygens (including phenoxy) is 2. The van der Waals surface area contributed by atoms with Gasteiger partial charge in [-0.2, -0.15) is 0 Å². The molecule has 0 aliphatic heterocycles. The Bertz CT molecular complexity index is 1300. The minimum absolute atomic E-state index is 0.0389. The molecule has 3 fully saturated rings. The molecule has 3 saturated carbocycles. The number of hydrogen-bond acceptors (Lipinski definition) is 3. The molecule has 6 rings (SSSR count). The van der Waals surface area contributed by atoms with Gasteiger partial charge in [0.1, 0.15) is 5.60 Å². The Labute approximate surface area is 249 Å². The molecule has 3 nitrogen and oxygen atoms in total. The van der Waals surface area contributed by atoms with Crippen LogP contribution in [-0.2, 0) is 24.9 Å². The molecule has 1 spiro atoms. The molecule has 6 heteroatoms. The van der Waals surface area contributed by atoms with Crippen LogP contribution in [0.4, 0.5) is 0 Å². The SMILES string of the molecule is CC1CC2CC3(C1)CC3C2(C)OC(=O)COc1ccc([S+](c2ccccc2)c2cccc(C[I-]I)c2)cc1. The monoisotopic (exact) mass is 752 g/mol. The summed E-state index contributed by atoms with van der Waals surface area (Å²) in [5, 5.41) is 0. The molecule has 0 heterocycles. The fourth-order valence-electron chi connectivity index (χ4n) is 7.27. The van der Waals surface area contributed by atoms with E-state index >= 15 is 0 Å². The fraction of sp³-hybridized carbons (Fsp3) is 0.406. The van der Waals surface area contributed by atoms with Crippen LogP contribution in [0.1, 0.15) is 45.1 Å². The summed E-state index contributed by atoms with van der Waals surface area (Å²) < 4.78 is 13.3. The van der Waals surface area contributed by atoms with Crippen molar-refractivity contribution in [3.63, 3.8) is 0 Å². The van der Waals surface area contributed by atoms with Gasteiger partial charge in [0, 0.05) is 5.92 Å². The normalized spacial score (nSPS) is 29.9. The molecule has 0 radical (unpaired) electrons.